The zero-order valence-electron chi connectivity index (χ0n) is 11.2. The largest absolute Gasteiger partial charge is 0.310 e. The lowest BCUT2D eigenvalue weighted by Gasteiger charge is -2.12. The summed E-state index contributed by atoms with van der Waals surface area (Å²) in [6.45, 7) is 1.54. The van der Waals surface area contributed by atoms with Crippen molar-refractivity contribution in [1.29, 1.82) is 0 Å². The normalized spacial score (nSPS) is 12.3. The number of carbonyl (C=O) groups excluding carboxylic acids is 1. The van der Waals surface area contributed by atoms with E-state index in [1.165, 1.54) is 5.56 Å². The Kier molecular flexibility index (Phi) is 4.41. The molecule has 0 spiro atoms. The molecule has 19 heavy (non-hydrogen) atoms. The third kappa shape index (κ3) is 3.72. The molecule has 0 aliphatic heterocycles. The lowest BCUT2D eigenvalue weighted by molar-refractivity contribution is -0.116. The van der Waals surface area contributed by atoms with Gasteiger partial charge in [0, 0.05) is 0 Å². The second-order valence-electron chi connectivity index (χ2n) is 4.55. The van der Waals surface area contributed by atoms with E-state index in [4.69, 9.17) is 0 Å². The number of aromatic amines is 1. The van der Waals surface area contributed by atoms with E-state index in [0.29, 0.717) is 18.1 Å². The molecule has 0 saturated carbocycles. The van der Waals surface area contributed by atoms with E-state index in [1.54, 1.807) is 6.92 Å². The average Bonchev–Trinajstić information content (AvgIpc) is 2.84. The van der Waals surface area contributed by atoms with Crippen molar-refractivity contribution in [2.24, 2.45) is 0 Å². The maximum Gasteiger partial charge on any atom is 0.167 e. The first kappa shape index (κ1) is 13.4. The van der Waals surface area contributed by atoms with Gasteiger partial charge in [-0.2, -0.15) is 5.10 Å². The van der Waals surface area contributed by atoms with E-state index in [0.717, 1.165) is 6.42 Å². The van der Waals surface area contributed by atoms with Crippen LogP contribution in [0.4, 0.5) is 0 Å². The molecule has 0 aliphatic rings. The molecule has 1 heterocycles. The van der Waals surface area contributed by atoms with Crippen LogP contribution in [0, 0.1) is 0 Å². The lowest BCUT2D eigenvalue weighted by Crippen LogP contribution is -2.20. The van der Waals surface area contributed by atoms with Crippen molar-refractivity contribution in [3.8, 4) is 0 Å². The predicted octanol–water partition coefficient (Wildman–Crippen LogP) is 1.44. The fourth-order valence-corrected chi connectivity index (χ4v) is 1.95. The molecule has 0 aliphatic carbocycles. The SMILES string of the molecule is CNC(Cc1ccccc1)c1n[nH]c(CC(C)=O)n1. The highest BCUT2D eigenvalue weighted by Crippen LogP contribution is 2.14. The second-order valence-corrected chi connectivity index (χ2v) is 4.55. The number of rotatable bonds is 6. The topological polar surface area (TPSA) is 70.7 Å². The van der Waals surface area contributed by atoms with Crippen molar-refractivity contribution >= 4 is 5.78 Å². The minimum atomic E-state index is 0.0411. The Morgan fingerprint density at radius 2 is 2.11 bits per heavy atom. The van der Waals surface area contributed by atoms with Gasteiger partial charge in [0.05, 0.1) is 12.5 Å². The minimum absolute atomic E-state index is 0.0411. The first-order chi connectivity index (χ1) is 9.19. The lowest BCUT2D eigenvalue weighted by atomic mass is 10.1. The van der Waals surface area contributed by atoms with Crippen LogP contribution in [-0.2, 0) is 17.6 Å². The number of carbonyl (C=O) groups is 1. The molecule has 1 atom stereocenters. The summed E-state index contributed by atoms with van der Waals surface area (Å²) in [6.07, 6.45) is 1.11. The smallest absolute Gasteiger partial charge is 0.167 e. The zero-order chi connectivity index (χ0) is 13.7. The van der Waals surface area contributed by atoms with Crippen molar-refractivity contribution in [2.45, 2.75) is 25.8 Å². The summed E-state index contributed by atoms with van der Waals surface area (Å²) in [4.78, 5) is 15.4. The van der Waals surface area contributed by atoms with Crippen LogP contribution in [0.5, 0.6) is 0 Å². The predicted molar refractivity (Wildman–Crippen MR) is 72.7 cm³/mol. The molecule has 100 valence electrons. The summed E-state index contributed by atoms with van der Waals surface area (Å²) in [5.74, 6) is 1.39. The zero-order valence-corrected chi connectivity index (χ0v) is 11.2. The molecule has 5 heteroatoms. The number of hydrogen-bond acceptors (Lipinski definition) is 4. The van der Waals surface area contributed by atoms with E-state index in [2.05, 4.69) is 32.6 Å². The molecule has 2 N–H and O–H groups in total. The van der Waals surface area contributed by atoms with Gasteiger partial charge < -0.3 is 5.32 Å². The van der Waals surface area contributed by atoms with Crippen molar-refractivity contribution in [2.75, 3.05) is 7.05 Å². The molecule has 0 saturated heterocycles. The van der Waals surface area contributed by atoms with Crippen molar-refractivity contribution in [3.05, 3.63) is 47.5 Å². The highest BCUT2D eigenvalue weighted by atomic mass is 16.1. The highest BCUT2D eigenvalue weighted by Gasteiger charge is 2.15. The Bertz CT molecular complexity index is 535. The monoisotopic (exact) mass is 258 g/mol. The van der Waals surface area contributed by atoms with Gasteiger partial charge in [0.25, 0.3) is 0 Å². The Morgan fingerprint density at radius 3 is 2.74 bits per heavy atom. The molecular weight excluding hydrogens is 240 g/mol. The Morgan fingerprint density at radius 1 is 1.37 bits per heavy atom. The van der Waals surface area contributed by atoms with Gasteiger partial charge in [-0.1, -0.05) is 30.3 Å². The summed E-state index contributed by atoms with van der Waals surface area (Å²) >= 11 is 0. The van der Waals surface area contributed by atoms with Gasteiger partial charge in [-0.3, -0.25) is 9.89 Å². The van der Waals surface area contributed by atoms with Crippen LogP contribution in [0.2, 0.25) is 0 Å². The number of aromatic nitrogens is 3. The van der Waals surface area contributed by atoms with Crippen LogP contribution in [-0.4, -0.2) is 28.0 Å². The third-order valence-corrected chi connectivity index (χ3v) is 2.91. The van der Waals surface area contributed by atoms with Crippen LogP contribution in [0.3, 0.4) is 0 Å². The summed E-state index contributed by atoms with van der Waals surface area (Å²) in [5.41, 5.74) is 1.22. The van der Waals surface area contributed by atoms with Crippen molar-refractivity contribution in [3.63, 3.8) is 0 Å². The maximum absolute atomic E-state index is 11.0. The van der Waals surface area contributed by atoms with E-state index >= 15 is 0 Å². The number of ketones is 1. The molecule has 1 aromatic carbocycles. The number of nitrogens with one attached hydrogen (secondary N) is 2. The van der Waals surface area contributed by atoms with Crippen molar-refractivity contribution < 1.29 is 4.79 Å². The van der Waals surface area contributed by atoms with Crippen molar-refractivity contribution in [1.82, 2.24) is 20.5 Å². The van der Waals surface area contributed by atoms with E-state index in [1.807, 2.05) is 25.2 Å². The number of H-pyrrole nitrogens is 1. The number of hydrogen-bond donors (Lipinski definition) is 2. The van der Waals surface area contributed by atoms with Crippen LogP contribution < -0.4 is 5.32 Å². The van der Waals surface area contributed by atoms with Gasteiger partial charge in [-0.15, -0.1) is 0 Å². The summed E-state index contributed by atoms with van der Waals surface area (Å²) in [7, 11) is 1.88. The van der Waals surface area contributed by atoms with Gasteiger partial charge in [0.15, 0.2) is 5.82 Å². The second kappa shape index (κ2) is 6.24. The molecule has 2 rings (SSSR count). The Balaban J connectivity index is 2.09. The van der Waals surface area contributed by atoms with E-state index < -0.39 is 0 Å². The summed E-state index contributed by atoms with van der Waals surface area (Å²) < 4.78 is 0. The van der Waals surface area contributed by atoms with Gasteiger partial charge in [0.1, 0.15) is 11.6 Å². The van der Waals surface area contributed by atoms with Crippen LogP contribution in [0.1, 0.15) is 30.2 Å². The van der Waals surface area contributed by atoms with Crippen LogP contribution >= 0.6 is 0 Å². The van der Waals surface area contributed by atoms with Gasteiger partial charge in [-0.25, -0.2) is 4.98 Å². The third-order valence-electron chi connectivity index (χ3n) is 2.91. The average molecular weight is 258 g/mol. The van der Waals surface area contributed by atoms with Gasteiger partial charge in [0.2, 0.25) is 0 Å². The number of nitrogens with zero attached hydrogens (tertiary/aromatic N) is 2. The first-order valence-corrected chi connectivity index (χ1v) is 6.31. The quantitative estimate of drug-likeness (QED) is 0.822. The number of benzene rings is 1. The van der Waals surface area contributed by atoms with E-state index in [-0.39, 0.29) is 11.8 Å². The van der Waals surface area contributed by atoms with E-state index in [9.17, 15) is 4.79 Å². The van der Waals surface area contributed by atoms with Crippen LogP contribution in [0.15, 0.2) is 30.3 Å². The fraction of sp³-hybridized carbons (Fsp3) is 0.357. The van der Waals surface area contributed by atoms with Crippen LogP contribution in [0.25, 0.3) is 0 Å². The first-order valence-electron chi connectivity index (χ1n) is 6.31. The molecule has 1 aromatic heterocycles. The Hall–Kier alpha value is -2.01. The molecule has 1 unspecified atom stereocenters. The fourth-order valence-electron chi connectivity index (χ4n) is 1.95. The molecule has 0 fully saturated rings. The molecule has 0 radical (unpaired) electrons. The molecule has 2 aromatic rings. The molecule has 5 nitrogen and oxygen atoms in total. The molecular formula is C14H18N4O. The number of Topliss-reactive ketones (excluding diaryl/α,β-unsaturated/α-hetero) is 1. The highest BCUT2D eigenvalue weighted by molar-refractivity contribution is 5.77. The standard InChI is InChI=1S/C14H18N4O/c1-10(19)8-13-16-14(18-17-13)12(15-2)9-11-6-4-3-5-7-11/h3-7,12,15H,8-9H2,1-2H3,(H,16,17,18). The summed E-state index contributed by atoms with van der Waals surface area (Å²) in [6, 6.07) is 10.2. The molecule has 0 bridgehead atoms. The minimum Gasteiger partial charge on any atom is -0.310 e. The van der Waals surface area contributed by atoms with Gasteiger partial charge in [-0.05, 0) is 26.0 Å². The molecule has 0 amide bonds. The maximum atomic E-state index is 11.0. The van der Waals surface area contributed by atoms with Gasteiger partial charge >= 0.3 is 0 Å². The Labute approximate surface area is 112 Å². The summed E-state index contributed by atoms with van der Waals surface area (Å²) in [5, 5.41) is 10.2. The number of likely N-dealkylation sites (N-methyl/N-ethyl adjacent to an activating group) is 1.